The Bertz CT molecular complexity index is 392. The first-order chi connectivity index (χ1) is 9.13. The predicted molar refractivity (Wildman–Crippen MR) is 68.6 cm³/mol. The molecule has 0 fully saturated rings. The minimum Gasteiger partial charge on any atom is -0.465 e. The van der Waals surface area contributed by atoms with Crippen LogP contribution >= 0.6 is 0 Å². The predicted octanol–water partition coefficient (Wildman–Crippen LogP) is 2.61. The van der Waals surface area contributed by atoms with Crippen molar-refractivity contribution in [1.29, 1.82) is 0 Å². The van der Waals surface area contributed by atoms with E-state index in [1.807, 2.05) is 20.8 Å². The molecule has 0 saturated heterocycles. The van der Waals surface area contributed by atoms with Gasteiger partial charge in [0.05, 0.1) is 6.61 Å². The van der Waals surface area contributed by atoms with E-state index in [1.165, 1.54) is 0 Å². The third-order valence-electron chi connectivity index (χ3n) is 2.68. The molecule has 0 aromatic carbocycles. The monoisotopic (exact) mass is 270 g/mol. The summed E-state index contributed by atoms with van der Waals surface area (Å²) in [5, 5.41) is 3.86. The van der Waals surface area contributed by atoms with Gasteiger partial charge in [-0.1, -0.05) is 18.5 Å². The normalized spacial score (nSPS) is 14.1. The Morgan fingerprint density at radius 1 is 1.32 bits per heavy atom. The third kappa shape index (κ3) is 4.31. The lowest BCUT2D eigenvalue weighted by Gasteiger charge is -2.10. The van der Waals surface area contributed by atoms with E-state index in [4.69, 9.17) is 14.0 Å². The largest absolute Gasteiger partial charge is 0.465 e. The molecule has 0 spiro atoms. The second-order valence-corrected chi connectivity index (χ2v) is 4.18. The molecule has 108 valence electrons. The topological polar surface area (TPSA) is 74.5 Å². The van der Waals surface area contributed by atoms with Gasteiger partial charge in [-0.15, -0.1) is 0 Å². The van der Waals surface area contributed by atoms with E-state index < -0.39 is 5.92 Å². The van der Waals surface area contributed by atoms with Crippen molar-refractivity contribution < 1.29 is 18.8 Å². The smallest absolute Gasteiger partial charge is 0.318 e. The SMILES string of the molecule is CCCC(C(=O)OCC)c1nc(C(C)OCC)no1. The van der Waals surface area contributed by atoms with Crippen LogP contribution in [0.1, 0.15) is 64.3 Å². The fraction of sp³-hybridized carbons (Fsp3) is 0.769. The molecule has 2 atom stereocenters. The Balaban J connectivity index is 2.82. The molecule has 6 heteroatoms. The third-order valence-corrected chi connectivity index (χ3v) is 2.68. The number of ether oxygens (including phenoxy) is 2. The summed E-state index contributed by atoms with van der Waals surface area (Å²) >= 11 is 0. The second kappa shape index (κ2) is 7.89. The molecule has 0 aliphatic carbocycles. The van der Waals surface area contributed by atoms with E-state index in [0.29, 0.717) is 31.3 Å². The lowest BCUT2D eigenvalue weighted by atomic mass is 10.0. The van der Waals surface area contributed by atoms with Gasteiger partial charge in [0.1, 0.15) is 12.0 Å². The van der Waals surface area contributed by atoms with Gasteiger partial charge in [0.25, 0.3) is 0 Å². The lowest BCUT2D eigenvalue weighted by Crippen LogP contribution is -2.16. The fourth-order valence-electron chi connectivity index (χ4n) is 1.75. The number of hydrogen-bond acceptors (Lipinski definition) is 6. The van der Waals surface area contributed by atoms with Crippen LogP contribution < -0.4 is 0 Å². The average Bonchev–Trinajstić information content (AvgIpc) is 2.85. The zero-order chi connectivity index (χ0) is 14.3. The summed E-state index contributed by atoms with van der Waals surface area (Å²) in [5.74, 6) is -0.0345. The molecule has 0 radical (unpaired) electrons. The number of carbonyl (C=O) groups excluding carboxylic acids is 1. The molecule has 0 amide bonds. The van der Waals surface area contributed by atoms with Crippen LogP contribution in [-0.2, 0) is 14.3 Å². The summed E-state index contributed by atoms with van der Waals surface area (Å²) in [6.07, 6.45) is 1.22. The quantitative estimate of drug-likeness (QED) is 0.676. The Kier molecular flexibility index (Phi) is 6.49. The molecule has 1 heterocycles. The van der Waals surface area contributed by atoms with Gasteiger partial charge in [-0.2, -0.15) is 4.98 Å². The highest BCUT2D eigenvalue weighted by Gasteiger charge is 2.28. The van der Waals surface area contributed by atoms with E-state index in [-0.39, 0.29) is 12.1 Å². The molecule has 0 N–H and O–H groups in total. The number of aromatic nitrogens is 2. The van der Waals surface area contributed by atoms with Gasteiger partial charge in [-0.3, -0.25) is 4.79 Å². The van der Waals surface area contributed by atoms with Crippen LogP contribution in [0.2, 0.25) is 0 Å². The second-order valence-electron chi connectivity index (χ2n) is 4.18. The van der Waals surface area contributed by atoms with Crippen LogP contribution in [0.4, 0.5) is 0 Å². The van der Waals surface area contributed by atoms with Crippen LogP contribution in [0, 0.1) is 0 Å². The number of carbonyl (C=O) groups is 1. The number of nitrogens with zero attached hydrogens (tertiary/aromatic N) is 2. The summed E-state index contributed by atoms with van der Waals surface area (Å²) < 4.78 is 15.6. The van der Waals surface area contributed by atoms with Crippen LogP contribution in [0.3, 0.4) is 0 Å². The highest BCUT2D eigenvalue weighted by Crippen LogP contribution is 2.23. The van der Waals surface area contributed by atoms with Crippen molar-refractivity contribution in [2.75, 3.05) is 13.2 Å². The molecular formula is C13H22N2O4. The summed E-state index contributed by atoms with van der Waals surface area (Å²) in [7, 11) is 0. The van der Waals surface area contributed by atoms with Gasteiger partial charge in [-0.05, 0) is 27.2 Å². The summed E-state index contributed by atoms with van der Waals surface area (Å²) in [5.41, 5.74) is 0. The van der Waals surface area contributed by atoms with Crippen molar-refractivity contribution in [3.63, 3.8) is 0 Å². The van der Waals surface area contributed by atoms with Gasteiger partial charge in [0, 0.05) is 6.61 Å². The summed E-state index contributed by atoms with van der Waals surface area (Å²) in [6, 6.07) is 0. The van der Waals surface area contributed by atoms with Crippen molar-refractivity contribution in [1.82, 2.24) is 10.1 Å². The first-order valence-corrected chi connectivity index (χ1v) is 6.75. The zero-order valence-corrected chi connectivity index (χ0v) is 12.0. The maximum absolute atomic E-state index is 11.9. The van der Waals surface area contributed by atoms with E-state index in [0.717, 1.165) is 6.42 Å². The minimum absolute atomic E-state index is 0.244. The Hall–Kier alpha value is -1.43. The molecule has 0 bridgehead atoms. The maximum Gasteiger partial charge on any atom is 0.318 e. The van der Waals surface area contributed by atoms with Crippen molar-refractivity contribution in [3.8, 4) is 0 Å². The number of esters is 1. The standard InChI is InChI=1S/C13H22N2O4/c1-5-8-10(13(16)18-7-3)12-14-11(15-19-12)9(4)17-6-2/h9-10H,5-8H2,1-4H3. The lowest BCUT2D eigenvalue weighted by molar-refractivity contribution is -0.145. The first-order valence-electron chi connectivity index (χ1n) is 6.75. The Morgan fingerprint density at radius 3 is 2.63 bits per heavy atom. The van der Waals surface area contributed by atoms with Gasteiger partial charge in [0.2, 0.25) is 5.89 Å². The molecule has 1 aromatic heterocycles. The molecule has 0 saturated carbocycles. The maximum atomic E-state index is 11.9. The van der Waals surface area contributed by atoms with Gasteiger partial charge >= 0.3 is 5.97 Å². The first kappa shape index (κ1) is 15.6. The summed E-state index contributed by atoms with van der Waals surface area (Å²) in [6.45, 7) is 8.42. The molecule has 0 aliphatic heterocycles. The van der Waals surface area contributed by atoms with Crippen molar-refractivity contribution >= 4 is 5.97 Å². The van der Waals surface area contributed by atoms with Gasteiger partial charge in [-0.25, -0.2) is 0 Å². The van der Waals surface area contributed by atoms with Crippen LogP contribution in [0.5, 0.6) is 0 Å². The molecule has 1 aromatic rings. The molecule has 6 nitrogen and oxygen atoms in total. The van der Waals surface area contributed by atoms with E-state index >= 15 is 0 Å². The van der Waals surface area contributed by atoms with Crippen molar-refractivity contribution in [3.05, 3.63) is 11.7 Å². The fourth-order valence-corrected chi connectivity index (χ4v) is 1.75. The highest BCUT2D eigenvalue weighted by molar-refractivity contribution is 5.76. The van der Waals surface area contributed by atoms with Crippen LogP contribution in [0.15, 0.2) is 4.52 Å². The molecule has 2 unspecified atom stereocenters. The van der Waals surface area contributed by atoms with Crippen molar-refractivity contribution in [2.45, 2.75) is 52.6 Å². The van der Waals surface area contributed by atoms with Gasteiger partial charge in [0.15, 0.2) is 5.82 Å². The summed E-state index contributed by atoms with van der Waals surface area (Å²) in [4.78, 5) is 16.1. The molecule has 1 rings (SSSR count). The van der Waals surface area contributed by atoms with E-state index in [9.17, 15) is 4.79 Å². The number of rotatable bonds is 8. The van der Waals surface area contributed by atoms with Gasteiger partial charge < -0.3 is 14.0 Å². The van der Waals surface area contributed by atoms with Crippen molar-refractivity contribution in [2.24, 2.45) is 0 Å². The minimum atomic E-state index is -0.486. The zero-order valence-electron chi connectivity index (χ0n) is 12.0. The molecular weight excluding hydrogens is 248 g/mol. The van der Waals surface area contributed by atoms with Crippen LogP contribution in [0.25, 0.3) is 0 Å². The molecule has 0 aliphatic rings. The van der Waals surface area contributed by atoms with E-state index in [2.05, 4.69) is 10.1 Å². The Morgan fingerprint density at radius 2 is 2.05 bits per heavy atom. The van der Waals surface area contributed by atoms with E-state index in [1.54, 1.807) is 6.92 Å². The Labute approximate surface area is 113 Å². The number of hydrogen-bond donors (Lipinski definition) is 0. The highest BCUT2D eigenvalue weighted by atomic mass is 16.5. The van der Waals surface area contributed by atoms with Crippen LogP contribution in [-0.4, -0.2) is 29.3 Å². The average molecular weight is 270 g/mol. The molecule has 19 heavy (non-hydrogen) atoms.